The monoisotopic (exact) mass is 367 g/mol. The van der Waals surface area contributed by atoms with E-state index in [0.29, 0.717) is 17.0 Å². The molecule has 3 rings (SSSR count). The molecule has 0 aliphatic heterocycles. The number of halogens is 3. The van der Waals surface area contributed by atoms with E-state index in [2.05, 4.69) is 4.98 Å². The van der Waals surface area contributed by atoms with Gasteiger partial charge in [-0.05, 0) is 48.9 Å². The first kappa shape index (κ1) is 17.2. The van der Waals surface area contributed by atoms with Crippen molar-refractivity contribution in [1.29, 1.82) is 0 Å². The van der Waals surface area contributed by atoms with Gasteiger partial charge in [0.05, 0.1) is 11.1 Å². The summed E-state index contributed by atoms with van der Waals surface area (Å²) in [6.45, 7) is 1.78. The molecular formula is C17H12F3NO3S. The third kappa shape index (κ3) is 3.43. The van der Waals surface area contributed by atoms with Crippen LogP contribution in [0.1, 0.15) is 11.1 Å². The Labute approximate surface area is 142 Å². The number of aromatic nitrogens is 1. The molecular weight excluding hydrogens is 355 g/mol. The summed E-state index contributed by atoms with van der Waals surface area (Å²) in [5, 5.41) is 0.342. The zero-order valence-corrected chi connectivity index (χ0v) is 13.7. The lowest BCUT2D eigenvalue weighted by Crippen LogP contribution is -2.12. The SMILES string of the molecule is Cc1ccc(S(=O)(=O)Oc2cccc(C(F)(F)F)c2)c2cccnc12. The molecule has 0 amide bonds. The molecule has 0 atom stereocenters. The van der Waals surface area contributed by atoms with E-state index in [4.69, 9.17) is 4.18 Å². The van der Waals surface area contributed by atoms with E-state index in [9.17, 15) is 21.6 Å². The Morgan fingerprint density at radius 3 is 2.52 bits per heavy atom. The second-order valence-corrected chi connectivity index (χ2v) is 6.86. The Hall–Kier alpha value is -2.61. The molecule has 2 aromatic carbocycles. The number of hydrogen-bond donors (Lipinski definition) is 0. The van der Waals surface area contributed by atoms with E-state index in [1.165, 1.54) is 12.3 Å². The summed E-state index contributed by atoms with van der Waals surface area (Å²) in [5.74, 6) is -0.410. The minimum absolute atomic E-state index is 0.154. The second-order valence-electron chi connectivity index (χ2n) is 5.34. The highest BCUT2D eigenvalue weighted by Crippen LogP contribution is 2.33. The van der Waals surface area contributed by atoms with Crippen molar-refractivity contribution < 1.29 is 25.8 Å². The van der Waals surface area contributed by atoms with Gasteiger partial charge in [-0.25, -0.2) is 0 Å². The van der Waals surface area contributed by atoms with Gasteiger partial charge < -0.3 is 4.18 Å². The summed E-state index contributed by atoms with van der Waals surface area (Å²) in [6.07, 6.45) is -3.07. The van der Waals surface area contributed by atoms with Gasteiger partial charge in [0.15, 0.2) is 0 Å². The first-order chi connectivity index (χ1) is 11.7. The maximum Gasteiger partial charge on any atom is 0.416 e. The van der Waals surface area contributed by atoms with E-state index in [1.807, 2.05) is 0 Å². The van der Waals surface area contributed by atoms with Gasteiger partial charge in [-0.1, -0.05) is 12.1 Å². The van der Waals surface area contributed by atoms with Crippen LogP contribution in [0.15, 0.2) is 59.6 Å². The van der Waals surface area contributed by atoms with E-state index < -0.39 is 27.6 Å². The predicted octanol–water partition coefficient (Wildman–Crippen LogP) is 4.33. The highest BCUT2D eigenvalue weighted by molar-refractivity contribution is 7.87. The lowest BCUT2D eigenvalue weighted by atomic mass is 10.1. The number of alkyl halides is 3. The standard InChI is InChI=1S/C17H12F3NO3S/c1-11-7-8-15(14-6-3-9-21-16(11)14)25(22,23)24-13-5-2-4-12(10-13)17(18,19)20/h2-10H,1H3. The van der Waals surface area contributed by atoms with Crippen molar-refractivity contribution in [2.45, 2.75) is 18.0 Å². The fraction of sp³-hybridized carbons (Fsp3) is 0.118. The number of nitrogens with zero attached hydrogens (tertiary/aromatic N) is 1. The highest BCUT2D eigenvalue weighted by atomic mass is 32.2. The van der Waals surface area contributed by atoms with Crippen molar-refractivity contribution in [2.24, 2.45) is 0 Å². The molecule has 0 unspecified atom stereocenters. The molecule has 1 heterocycles. The quantitative estimate of drug-likeness (QED) is 0.647. The fourth-order valence-corrected chi connectivity index (χ4v) is 3.52. The largest absolute Gasteiger partial charge is 0.416 e. The Kier molecular flexibility index (Phi) is 4.16. The van der Waals surface area contributed by atoms with Crippen molar-refractivity contribution in [3.05, 3.63) is 65.9 Å². The van der Waals surface area contributed by atoms with Crippen molar-refractivity contribution in [2.75, 3.05) is 0 Å². The first-order valence-electron chi connectivity index (χ1n) is 7.14. The fourth-order valence-electron chi connectivity index (χ4n) is 2.40. The Morgan fingerprint density at radius 1 is 1.04 bits per heavy atom. The summed E-state index contributed by atoms with van der Waals surface area (Å²) in [6, 6.07) is 9.78. The molecule has 0 bridgehead atoms. The van der Waals surface area contributed by atoms with E-state index in [-0.39, 0.29) is 4.90 Å². The highest BCUT2D eigenvalue weighted by Gasteiger charge is 2.31. The molecule has 0 radical (unpaired) electrons. The minimum atomic E-state index is -4.59. The Balaban J connectivity index is 2.06. The van der Waals surface area contributed by atoms with Gasteiger partial charge in [-0.2, -0.15) is 21.6 Å². The third-order valence-electron chi connectivity index (χ3n) is 3.57. The molecule has 8 heteroatoms. The van der Waals surface area contributed by atoms with Crippen LogP contribution in [0.25, 0.3) is 10.9 Å². The normalized spacial score (nSPS) is 12.3. The van der Waals surface area contributed by atoms with Gasteiger partial charge in [0.25, 0.3) is 0 Å². The number of pyridine rings is 1. The molecule has 0 spiro atoms. The van der Waals surface area contributed by atoms with Crippen molar-refractivity contribution >= 4 is 21.0 Å². The molecule has 1 aromatic heterocycles. The van der Waals surface area contributed by atoms with Crippen LogP contribution in [-0.2, 0) is 16.3 Å². The molecule has 25 heavy (non-hydrogen) atoms. The lowest BCUT2D eigenvalue weighted by Gasteiger charge is -2.12. The average Bonchev–Trinajstić information content (AvgIpc) is 2.54. The second kappa shape index (κ2) is 6.03. The molecule has 4 nitrogen and oxygen atoms in total. The van der Waals surface area contributed by atoms with Gasteiger partial charge >= 0.3 is 16.3 Å². The van der Waals surface area contributed by atoms with Gasteiger partial charge in [-0.3, -0.25) is 4.98 Å². The molecule has 130 valence electrons. The molecule has 0 fully saturated rings. The number of rotatable bonds is 3. The lowest BCUT2D eigenvalue weighted by molar-refractivity contribution is -0.137. The van der Waals surface area contributed by atoms with Gasteiger partial charge in [0.2, 0.25) is 0 Å². The number of aryl methyl sites for hydroxylation is 1. The van der Waals surface area contributed by atoms with Crippen LogP contribution in [0.3, 0.4) is 0 Å². The van der Waals surface area contributed by atoms with Crippen LogP contribution in [-0.4, -0.2) is 13.4 Å². The average molecular weight is 367 g/mol. The van der Waals surface area contributed by atoms with Crippen LogP contribution >= 0.6 is 0 Å². The molecule has 0 saturated heterocycles. The number of hydrogen-bond acceptors (Lipinski definition) is 4. The predicted molar refractivity (Wildman–Crippen MR) is 85.7 cm³/mol. The van der Waals surface area contributed by atoms with Crippen LogP contribution in [0.5, 0.6) is 5.75 Å². The maximum absolute atomic E-state index is 12.8. The van der Waals surface area contributed by atoms with Gasteiger partial charge in [-0.15, -0.1) is 0 Å². The van der Waals surface area contributed by atoms with Crippen molar-refractivity contribution in [3.63, 3.8) is 0 Å². The third-order valence-corrected chi connectivity index (χ3v) is 4.87. The molecule has 0 N–H and O–H groups in total. The van der Waals surface area contributed by atoms with Crippen LogP contribution in [0.2, 0.25) is 0 Å². The first-order valence-corrected chi connectivity index (χ1v) is 8.55. The molecule has 3 aromatic rings. The topological polar surface area (TPSA) is 56.3 Å². The Bertz CT molecular complexity index is 1050. The van der Waals surface area contributed by atoms with Gasteiger partial charge in [0.1, 0.15) is 10.6 Å². The van der Waals surface area contributed by atoms with E-state index >= 15 is 0 Å². The molecule has 0 aliphatic rings. The molecule has 0 aliphatic carbocycles. The van der Waals surface area contributed by atoms with Gasteiger partial charge in [0, 0.05) is 11.6 Å². The van der Waals surface area contributed by atoms with E-state index in [0.717, 1.165) is 23.8 Å². The summed E-state index contributed by atoms with van der Waals surface area (Å²) >= 11 is 0. The molecule has 0 saturated carbocycles. The number of benzene rings is 2. The summed E-state index contributed by atoms with van der Waals surface area (Å²) < 4.78 is 68.3. The Morgan fingerprint density at radius 2 is 1.80 bits per heavy atom. The summed E-state index contributed by atoms with van der Waals surface area (Å²) in [4.78, 5) is 3.99. The van der Waals surface area contributed by atoms with Crippen molar-refractivity contribution in [1.82, 2.24) is 4.98 Å². The minimum Gasteiger partial charge on any atom is -0.379 e. The van der Waals surface area contributed by atoms with Crippen LogP contribution < -0.4 is 4.18 Å². The number of fused-ring (bicyclic) bond motifs is 1. The maximum atomic E-state index is 12.8. The van der Waals surface area contributed by atoms with E-state index in [1.54, 1.807) is 25.1 Å². The zero-order chi connectivity index (χ0) is 18.2. The zero-order valence-electron chi connectivity index (χ0n) is 12.9. The summed E-state index contributed by atoms with van der Waals surface area (Å²) in [5.41, 5.74) is 0.264. The van der Waals surface area contributed by atoms with Crippen molar-refractivity contribution in [3.8, 4) is 5.75 Å². The summed E-state index contributed by atoms with van der Waals surface area (Å²) in [7, 11) is -4.33. The van der Waals surface area contributed by atoms with Crippen LogP contribution in [0, 0.1) is 6.92 Å². The smallest absolute Gasteiger partial charge is 0.379 e. The van der Waals surface area contributed by atoms with Crippen LogP contribution in [0.4, 0.5) is 13.2 Å².